The number of ether oxygens (including phenoxy) is 2. The molecule has 1 amide bonds. The highest BCUT2D eigenvalue weighted by atomic mass is 19.4. The lowest BCUT2D eigenvalue weighted by atomic mass is 10.1. The number of nitrogens with zero attached hydrogens (tertiary/aromatic N) is 3. The van der Waals surface area contributed by atoms with Crippen LogP contribution in [0.3, 0.4) is 0 Å². The van der Waals surface area contributed by atoms with Gasteiger partial charge in [0.05, 0.1) is 0 Å². The van der Waals surface area contributed by atoms with Crippen molar-refractivity contribution in [2.24, 2.45) is 0 Å². The van der Waals surface area contributed by atoms with Crippen LogP contribution in [0.15, 0.2) is 22.7 Å². The van der Waals surface area contributed by atoms with Gasteiger partial charge in [-0.15, -0.1) is 0 Å². The number of aryl methyl sites for hydroxylation is 1. The Hall–Kier alpha value is -2.82. The number of carbonyl (C=O) groups is 1. The van der Waals surface area contributed by atoms with Crippen molar-refractivity contribution >= 4 is 5.91 Å². The minimum atomic E-state index is -4.38. The van der Waals surface area contributed by atoms with E-state index in [4.69, 9.17) is 14.0 Å². The van der Waals surface area contributed by atoms with Crippen LogP contribution in [-0.2, 0) is 17.6 Å². The Morgan fingerprint density at radius 3 is 2.75 bits per heavy atom. The van der Waals surface area contributed by atoms with Crippen molar-refractivity contribution in [3.63, 3.8) is 0 Å². The highest BCUT2D eigenvalue weighted by Crippen LogP contribution is 2.21. The lowest BCUT2D eigenvalue weighted by Crippen LogP contribution is -2.31. The average Bonchev–Trinajstić information content (AvgIpc) is 3.06. The first-order chi connectivity index (χ1) is 15.3. The maximum absolute atomic E-state index is 12.3. The first kappa shape index (κ1) is 23.8. The summed E-state index contributed by atoms with van der Waals surface area (Å²) in [6.45, 7) is 3.34. The van der Waals surface area contributed by atoms with Gasteiger partial charge in [0.2, 0.25) is 5.88 Å². The molecule has 0 aliphatic carbocycles. The van der Waals surface area contributed by atoms with E-state index in [1.807, 2.05) is 0 Å². The number of rotatable bonds is 10. The molecule has 0 saturated heterocycles. The van der Waals surface area contributed by atoms with Crippen molar-refractivity contribution in [2.75, 3.05) is 39.4 Å². The number of fused-ring (bicyclic) bond motifs is 1. The molecule has 3 heterocycles. The molecule has 0 spiro atoms. The third-order valence-electron chi connectivity index (χ3n) is 4.97. The zero-order valence-corrected chi connectivity index (χ0v) is 17.9. The summed E-state index contributed by atoms with van der Waals surface area (Å²) in [4.78, 5) is 18.4. The molecule has 176 valence electrons. The van der Waals surface area contributed by atoms with Gasteiger partial charge in [0.15, 0.2) is 13.2 Å². The summed E-state index contributed by atoms with van der Waals surface area (Å²) in [5, 5.41) is 6.46. The molecule has 0 saturated carbocycles. The molecule has 0 bridgehead atoms. The first-order valence-electron chi connectivity index (χ1n) is 10.5. The van der Waals surface area contributed by atoms with Crippen molar-refractivity contribution in [3.8, 4) is 11.8 Å². The number of amides is 1. The SMILES string of the molecule is Cc1cc(OCC(=O)NCCCCN2CCc3ccc(OCC(F)(F)F)nc3CC2)no1. The molecule has 0 radical (unpaired) electrons. The predicted molar refractivity (Wildman–Crippen MR) is 109 cm³/mol. The van der Waals surface area contributed by atoms with E-state index in [1.54, 1.807) is 19.1 Å². The summed E-state index contributed by atoms with van der Waals surface area (Å²) >= 11 is 0. The summed E-state index contributed by atoms with van der Waals surface area (Å²) in [6, 6.07) is 4.91. The minimum absolute atomic E-state index is 0.00734. The van der Waals surface area contributed by atoms with Crippen LogP contribution in [0.4, 0.5) is 13.2 Å². The summed E-state index contributed by atoms with van der Waals surface area (Å²) in [5.41, 5.74) is 1.84. The molecule has 1 N–H and O–H groups in total. The maximum atomic E-state index is 12.3. The molecule has 0 unspecified atom stereocenters. The topological polar surface area (TPSA) is 89.7 Å². The number of hydrogen-bond donors (Lipinski definition) is 1. The van der Waals surface area contributed by atoms with Crippen LogP contribution in [0.2, 0.25) is 0 Å². The molecule has 2 aromatic heterocycles. The fourth-order valence-corrected chi connectivity index (χ4v) is 3.36. The Balaban J connectivity index is 1.31. The van der Waals surface area contributed by atoms with Crippen molar-refractivity contribution in [3.05, 3.63) is 35.2 Å². The zero-order chi connectivity index (χ0) is 23.0. The van der Waals surface area contributed by atoms with Gasteiger partial charge in [-0.25, -0.2) is 4.98 Å². The van der Waals surface area contributed by atoms with E-state index >= 15 is 0 Å². The van der Waals surface area contributed by atoms with Gasteiger partial charge in [-0.3, -0.25) is 4.79 Å². The van der Waals surface area contributed by atoms with E-state index in [0.717, 1.165) is 50.2 Å². The van der Waals surface area contributed by atoms with Gasteiger partial charge in [0.25, 0.3) is 11.8 Å². The summed E-state index contributed by atoms with van der Waals surface area (Å²) in [5.74, 6) is 0.690. The van der Waals surface area contributed by atoms with E-state index in [0.29, 0.717) is 18.7 Å². The largest absolute Gasteiger partial charge is 0.468 e. The van der Waals surface area contributed by atoms with Crippen LogP contribution in [-0.4, -0.2) is 66.5 Å². The lowest BCUT2D eigenvalue weighted by molar-refractivity contribution is -0.154. The second-order valence-electron chi connectivity index (χ2n) is 7.62. The molecule has 1 aliphatic heterocycles. The van der Waals surface area contributed by atoms with Crippen LogP contribution in [0.25, 0.3) is 0 Å². The third kappa shape index (κ3) is 8.03. The molecule has 0 atom stereocenters. The molecule has 8 nitrogen and oxygen atoms in total. The Morgan fingerprint density at radius 2 is 2.00 bits per heavy atom. The summed E-state index contributed by atoms with van der Waals surface area (Å²) < 4.78 is 51.8. The Bertz CT molecular complexity index is 888. The number of alkyl halides is 3. The van der Waals surface area contributed by atoms with E-state index in [2.05, 4.69) is 20.4 Å². The lowest BCUT2D eigenvalue weighted by Gasteiger charge is -2.19. The molecule has 11 heteroatoms. The minimum Gasteiger partial charge on any atom is -0.468 e. The highest BCUT2D eigenvalue weighted by Gasteiger charge is 2.28. The fourth-order valence-electron chi connectivity index (χ4n) is 3.36. The second kappa shape index (κ2) is 11.2. The number of halogens is 3. The summed E-state index contributed by atoms with van der Waals surface area (Å²) in [7, 11) is 0. The number of carbonyl (C=O) groups excluding carboxylic acids is 1. The summed E-state index contributed by atoms with van der Waals surface area (Å²) in [6.07, 6.45) is -1.20. The zero-order valence-electron chi connectivity index (χ0n) is 17.9. The number of nitrogens with one attached hydrogen (secondary N) is 1. The Labute approximate surface area is 184 Å². The molecule has 0 aromatic carbocycles. The number of aromatic nitrogens is 2. The molecule has 32 heavy (non-hydrogen) atoms. The van der Waals surface area contributed by atoms with E-state index in [9.17, 15) is 18.0 Å². The normalized spacial score (nSPS) is 14.5. The smallest absolute Gasteiger partial charge is 0.422 e. The molecule has 0 fully saturated rings. The van der Waals surface area contributed by atoms with Gasteiger partial charge in [-0.1, -0.05) is 6.07 Å². The molecular weight excluding hydrogens is 429 g/mol. The molecular formula is C21H27F3N4O4. The van der Waals surface area contributed by atoms with Crippen molar-refractivity contribution in [1.29, 1.82) is 0 Å². The van der Waals surface area contributed by atoms with Crippen LogP contribution >= 0.6 is 0 Å². The van der Waals surface area contributed by atoms with Gasteiger partial charge < -0.3 is 24.2 Å². The Kier molecular flexibility index (Phi) is 8.32. The van der Waals surface area contributed by atoms with Crippen LogP contribution < -0.4 is 14.8 Å². The maximum Gasteiger partial charge on any atom is 0.422 e. The first-order valence-corrected chi connectivity index (χ1v) is 10.5. The van der Waals surface area contributed by atoms with Gasteiger partial charge in [-0.05, 0) is 43.5 Å². The van der Waals surface area contributed by atoms with E-state index < -0.39 is 12.8 Å². The molecule has 2 aromatic rings. The number of hydrogen-bond acceptors (Lipinski definition) is 7. The monoisotopic (exact) mass is 456 g/mol. The standard InChI is InChI=1S/C21H27F3N4O4/c1-15-12-20(27-32-15)30-13-18(29)25-8-2-3-9-28-10-6-16-4-5-19(26-17(16)7-11-28)31-14-21(22,23)24/h4-5,12H,2-3,6-11,13-14H2,1H3,(H,25,29). The average molecular weight is 456 g/mol. The Morgan fingerprint density at radius 1 is 1.19 bits per heavy atom. The van der Waals surface area contributed by atoms with Gasteiger partial charge in [-0.2, -0.15) is 13.2 Å². The predicted octanol–water partition coefficient (Wildman–Crippen LogP) is 2.70. The van der Waals surface area contributed by atoms with Crippen LogP contribution in [0.1, 0.15) is 29.9 Å². The van der Waals surface area contributed by atoms with Gasteiger partial charge in [0.1, 0.15) is 5.76 Å². The third-order valence-corrected chi connectivity index (χ3v) is 4.97. The second-order valence-corrected chi connectivity index (χ2v) is 7.62. The highest BCUT2D eigenvalue weighted by molar-refractivity contribution is 5.77. The number of pyridine rings is 1. The van der Waals surface area contributed by atoms with Crippen molar-refractivity contribution in [2.45, 2.75) is 38.8 Å². The van der Waals surface area contributed by atoms with Crippen LogP contribution in [0, 0.1) is 6.92 Å². The molecule has 1 aliphatic rings. The van der Waals surface area contributed by atoms with Gasteiger partial charge >= 0.3 is 6.18 Å². The van der Waals surface area contributed by atoms with Gasteiger partial charge in [0, 0.05) is 43.9 Å². The number of unbranched alkanes of at least 4 members (excludes halogenated alkanes) is 1. The molecule has 3 rings (SSSR count). The van der Waals surface area contributed by atoms with E-state index in [1.165, 1.54) is 6.07 Å². The fraction of sp³-hybridized carbons (Fsp3) is 0.571. The quantitative estimate of drug-likeness (QED) is 0.550. The van der Waals surface area contributed by atoms with Crippen molar-refractivity contribution in [1.82, 2.24) is 20.4 Å². The van der Waals surface area contributed by atoms with Crippen molar-refractivity contribution < 1.29 is 32.0 Å². The van der Waals surface area contributed by atoms with Crippen LogP contribution in [0.5, 0.6) is 11.8 Å². The van der Waals surface area contributed by atoms with E-state index in [-0.39, 0.29) is 24.3 Å².